The van der Waals surface area contributed by atoms with Crippen LogP contribution in [0, 0.1) is 17.7 Å². The van der Waals surface area contributed by atoms with Crippen LogP contribution in [-0.2, 0) is 0 Å². The van der Waals surface area contributed by atoms with Crippen LogP contribution in [0.4, 0.5) is 20.3 Å². The first kappa shape index (κ1) is 19.7. The summed E-state index contributed by atoms with van der Waals surface area (Å²) in [6, 6.07) is 8.17. The Kier molecular flexibility index (Phi) is 5.94. The van der Waals surface area contributed by atoms with Crippen molar-refractivity contribution in [3.05, 3.63) is 47.1 Å². The smallest absolute Gasteiger partial charge is 0.214 e. The summed E-state index contributed by atoms with van der Waals surface area (Å²) in [5.41, 5.74) is 0.746. The second-order valence-corrected chi connectivity index (χ2v) is 8.72. The number of likely N-dealkylation sites (tertiary alicyclic amines) is 1. The maximum absolute atomic E-state index is 14.7. The third-order valence-corrected chi connectivity index (χ3v) is 6.82. The van der Waals surface area contributed by atoms with Crippen molar-refractivity contribution < 1.29 is 8.78 Å². The summed E-state index contributed by atoms with van der Waals surface area (Å²) in [5.74, 6) is -0.0141. The van der Waals surface area contributed by atoms with Crippen molar-refractivity contribution in [1.82, 2.24) is 9.88 Å². The van der Waals surface area contributed by atoms with Crippen molar-refractivity contribution in [3.8, 4) is 0 Å². The van der Waals surface area contributed by atoms with Crippen LogP contribution >= 0.6 is 23.5 Å². The zero-order chi connectivity index (χ0) is 19.7. The lowest BCUT2D eigenvalue weighted by atomic mass is 9.97. The van der Waals surface area contributed by atoms with Crippen molar-refractivity contribution >= 4 is 35.1 Å². The molecular formula is C20H23ClF2N4S. The van der Waals surface area contributed by atoms with Gasteiger partial charge in [-0.1, -0.05) is 17.7 Å². The van der Waals surface area contributed by atoms with E-state index in [1.807, 2.05) is 0 Å². The Morgan fingerprint density at radius 1 is 1.21 bits per heavy atom. The molecule has 1 N–H and O–H groups in total. The van der Waals surface area contributed by atoms with Crippen LogP contribution in [0.1, 0.15) is 19.3 Å². The van der Waals surface area contributed by atoms with Gasteiger partial charge in [-0.3, -0.25) is 0 Å². The van der Waals surface area contributed by atoms with E-state index in [-0.39, 0.29) is 5.82 Å². The molecular weight excluding hydrogens is 402 g/mol. The molecule has 2 fully saturated rings. The van der Waals surface area contributed by atoms with Crippen molar-refractivity contribution in [2.75, 3.05) is 36.3 Å². The van der Waals surface area contributed by atoms with Crippen LogP contribution in [0.15, 0.2) is 35.2 Å². The summed E-state index contributed by atoms with van der Waals surface area (Å²) in [6.45, 7) is 2.97. The molecule has 4 nitrogen and oxygen atoms in total. The molecule has 2 aromatic rings. The minimum Gasteiger partial charge on any atom is -0.370 e. The molecule has 0 spiro atoms. The van der Waals surface area contributed by atoms with Crippen molar-refractivity contribution in [2.24, 2.45) is 5.92 Å². The number of nitrogens with one attached hydrogen (secondary N) is 1. The zero-order valence-electron chi connectivity index (χ0n) is 15.7. The molecule has 2 saturated heterocycles. The van der Waals surface area contributed by atoms with Gasteiger partial charge < -0.3 is 14.5 Å². The van der Waals surface area contributed by atoms with Crippen LogP contribution < -0.4 is 9.62 Å². The summed E-state index contributed by atoms with van der Waals surface area (Å²) in [5, 5.41) is 0.526. The fraction of sp³-hybridized carbons (Fsp3) is 0.450. The lowest BCUT2D eigenvalue weighted by Crippen LogP contribution is -2.34. The van der Waals surface area contributed by atoms with E-state index in [1.165, 1.54) is 25.0 Å². The predicted octanol–water partition coefficient (Wildman–Crippen LogP) is 5.05. The molecule has 0 bridgehead atoms. The highest BCUT2D eigenvalue weighted by atomic mass is 35.5. The van der Waals surface area contributed by atoms with E-state index >= 15 is 0 Å². The van der Waals surface area contributed by atoms with E-state index < -0.39 is 5.95 Å². The predicted molar refractivity (Wildman–Crippen MR) is 111 cm³/mol. The van der Waals surface area contributed by atoms with Gasteiger partial charge in [0.05, 0.1) is 15.6 Å². The van der Waals surface area contributed by atoms with Gasteiger partial charge in [-0.05, 0) is 75.0 Å². The topological polar surface area (TPSA) is 31.4 Å². The van der Waals surface area contributed by atoms with Crippen LogP contribution in [0.5, 0.6) is 0 Å². The molecule has 0 unspecified atom stereocenters. The van der Waals surface area contributed by atoms with E-state index in [0.29, 0.717) is 27.7 Å². The first-order valence-electron chi connectivity index (χ1n) is 9.51. The van der Waals surface area contributed by atoms with E-state index in [1.54, 1.807) is 18.2 Å². The Morgan fingerprint density at radius 3 is 2.82 bits per heavy atom. The van der Waals surface area contributed by atoms with Gasteiger partial charge in [0, 0.05) is 19.1 Å². The second kappa shape index (κ2) is 8.43. The molecule has 28 heavy (non-hydrogen) atoms. The average Bonchev–Trinajstić information content (AvgIpc) is 3.31. The lowest BCUT2D eigenvalue weighted by Gasteiger charge is -2.27. The van der Waals surface area contributed by atoms with Gasteiger partial charge in [0.2, 0.25) is 5.95 Å². The summed E-state index contributed by atoms with van der Waals surface area (Å²) in [6.07, 6.45) is 3.61. The maximum Gasteiger partial charge on any atom is 0.214 e. The number of aromatic nitrogens is 1. The SMILES string of the molecule is CN1CCC[C@H]1[C@H]1CCN(c2cc(F)c(SNc3cccc(F)n3)cc2Cl)C1. The summed E-state index contributed by atoms with van der Waals surface area (Å²) in [4.78, 5) is 8.70. The summed E-state index contributed by atoms with van der Waals surface area (Å²) >= 11 is 7.52. The van der Waals surface area contributed by atoms with Gasteiger partial charge in [-0.2, -0.15) is 4.39 Å². The van der Waals surface area contributed by atoms with Gasteiger partial charge in [-0.25, -0.2) is 9.37 Å². The Bertz CT molecular complexity index is 853. The molecule has 3 heterocycles. The van der Waals surface area contributed by atoms with E-state index in [9.17, 15) is 8.78 Å². The quantitative estimate of drug-likeness (QED) is 0.536. The number of pyridine rings is 1. The van der Waals surface area contributed by atoms with Gasteiger partial charge in [0.15, 0.2) is 0 Å². The largest absolute Gasteiger partial charge is 0.370 e. The van der Waals surface area contributed by atoms with Gasteiger partial charge >= 0.3 is 0 Å². The molecule has 1 aromatic heterocycles. The Hall–Kier alpha value is -1.57. The fourth-order valence-electron chi connectivity index (χ4n) is 4.26. The Morgan fingerprint density at radius 2 is 2.07 bits per heavy atom. The maximum atomic E-state index is 14.7. The minimum atomic E-state index is -0.587. The average molecular weight is 425 g/mol. The highest BCUT2D eigenvalue weighted by Crippen LogP contribution is 2.38. The highest BCUT2D eigenvalue weighted by molar-refractivity contribution is 8.00. The normalized spacial score (nSPS) is 22.8. The summed E-state index contributed by atoms with van der Waals surface area (Å²) in [7, 11) is 2.19. The van der Waals surface area contributed by atoms with E-state index in [4.69, 9.17) is 11.6 Å². The Labute approximate surface area is 173 Å². The highest BCUT2D eigenvalue weighted by Gasteiger charge is 2.34. The molecule has 0 aliphatic carbocycles. The van der Waals surface area contributed by atoms with Crippen molar-refractivity contribution in [3.63, 3.8) is 0 Å². The number of halogens is 3. The fourth-order valence-corrected chi connectivity index (χ4v) is 5.27. The number of nitrogens with zero attached hydrogens (tertiary/aromatic N) is 3. The molecule has 0 radical (unpaired) electrons. The standard InChI is InChI=1S/C20H23ClF2N4S/c1-26-8-3-4-16(26)13-7-9-27(12-13)17-11-15(22)18(10-14(17)21)28-25-20-6-2-5-19(23)24-20/h2,5-6,10-11,13,16H,3-4,7-9,12H2,1H3,(H,24,25)/t13-,16-/m0/s1. The molecule has 2 atom stereocenters. The number of benzene rings is 1. The van der Waals surface area contributed by atoms with E-state index in [2.05, 4.69) is 26.6 Å². The minimum absolute atomic E-state index is 0.327. The molecule has 150 valence electrons. The van der Waals surface area contributed by atoms with Gasteiger partial charge in [-0.15, -0.1) is 0 Å². The molecule has 8 heteroatoms. The van der Waals surface area contributed by atoms with Crippen molar-refractivity contribution in [2.45, 2.75) is 30.2 Å². The Balaban J connectivity index is 1.44. The molecule has 2 aliphatic rings. The van der Waals surface area contributed by atoms with E-state index in [0.717, 1.165) is 43.7 Å². The number of hydrogen-bond donors (Lipinski definition) is 1. The molecule has 0 saturated carbocycles. The molecule has 4 rings (SSSR count). The van der Waals surface area contributed by atoms with Crippen LogP contribution in [0.25, 0.3) is 0 Å². The van der Waals surface area contributed by atoms with Crippen molar-refractivity contribution in [1.29, 1.82) is 0 Å². The lowest BCUT2D eigenvalue weighted by molar-refractivity contribution is 0.239. The third kappa shape index (κ3) is 4.21. The third-order valence-electron chi connectivity index (χ3n) is 5.67. The summed E-state index contributed by atoms with van der Waals surface area (Å²) < 4.78 is 30.7. The number of anilines is 2. The van der Waals surface area contributed by atoms with Crippen LogP contribution in [0.3, 0.4) is 0 Å². The first-order valence-corrected chi connectivity index (χ1v) is 10.7. The number of rotatable bonds is 5. The van der Waals surface area contributed by atoms with Crippen LogP contribution in [0.2, 0.25) is 5.02 Å². The van der Waals surface area contributed by atoms with Gasteiger partial charge in [0.25, 0.3) is 0 Å². The van der Waals surface area contributed by atoms with Gasteiger partial charge in [0.1, 0.15) is 11.6 Å². The first-order chi connectivity index (χ1) is 13.5. The molecule has 1 aromatic carbocycles. The molecule has 2 aliphatic heterocycles. The number of hydrogen-bond acceptors (Lipinski definition) is 5. The second-order valence-electron chi connectivity index (χ2n) is 7.47. The zero-order valence-corrected chi connectivity index (χ0v) is 17.2. The van der Waals surface area contributed by atoms with Crippen LogP contribution in [-0.4, -0.2) is 42.6 Å². The molecule has 0 amide bonds. The monoisotopic (exact) mass is 424 g/mol.